The average Bonchev–Trinajstić information content (AvgIpc) is 3.04. The minimum Gasteiger partial charge on any atom is -0.369 e. The lowest BCUT2D eigenvalue weighted by molar-refractivity contribution is -0.136. The number of piperazine rings is 1. The first-order valence-corrected chi connectivity index (χ1v) is 12.6. The zero-order valence-corrected chi connectivity index (χ0v) is 19.0. The third kappa shape index (κ3) is 5.12. The molecule has 0 aromatic heterocycles. The Balaban J connectivity index is 1.61. The Morgan fingerprint density at radius 1 is 1.21 bits per heavy atom. The summed E-state index contributed by atoms with van der Waals surface area (Å²) in [5, 5.41) is 0. The number of anilines is 1. The molecule has 0 saturated carbocycles. The first-order chi connectivity index (χ1) is 13.7. The van der Waals surface area contributed by atoms with Gasteiger partial charge in [0.1, 0.15) is 0 Å². The van der Waals surface area contributed by atoms with Crippen LogP contribution in [0.1, 0.15) is 37.8 Å². The van der Waals surface area contributed by atoms with Crippen molar-refractivity contribution in [1.82, 2.24) is 9.80 Å². The summed E-state index contributed by atoms with van der Waals surface area (Å²) < 4.78 is 23.9. The van der Waals surface area contributed by atoms with Crippen LogP contribution in [-0.2, 0) is 14.6 Å². The van der Waals surface area contributed by atoms with E-state index >= 15 is 0 Å². The third-order valence-electron chi connectivity index (χ3n) is 6.60. The van der Waals surface area contributed by atoms with Gasteiger partial charge in [-0.15, -0.1) is 0 Å². The lowest BCUT2D eigenvalue weighted by Gasteiger charge is -2.39. The molecule has 29 heavy (non-hydrogen) atoms. The summed E-state index contributed by atoms with van der Waals surface area (Å²) in [6, 6.07) is 6.32. The van der Waals surface area contributed by atoms with Crippen LogP contribution in [0.25, 0.3) is 0 Å². The van der Waals surface area contributed by atoms with E-state index in [9.17, 15) is 13.2 Å². The van der Waals surface area contributed by atoms with Crippen LogP contribution in [0.4, 0.5) is 5.69 Å². The van der Waals surface area contributed by atoms with Crippen LogP contribution < -0.4 is 4.90 Å². The molecule has 1 aromatic rings. The molecule has 2 heterocycles. The Bertz CT molecular complexity index is 832. The fourth-order valence-corrected chi connectivity index (χ4v) is 6.21. The van der Waals surface area contributed by atoms with E-state index in [2.05, 4.69) is 48.8 Å². The number of benzene rings is 1. The van der Waals surface area contributed by atoms with Crippen molar-refractivity contribution in [1.29, 1.82) is 0 Å². The predicted molar refractivity (Wildman–Crippen MR) is 118 cm³/mol. The van der Waals surface area contributed by atoms with Crippen molar-refractivity contribution in [2.45, 2.75) is 52.6 Å². The quantitative estimate of drug-likeness (QED) is 0.705. The SMILES string of the molecule is CC[C@@H](C)N(C(=O)CN1CCN(c2cccc(C)c2C)CC1)[C@@H]1CCS(=O)(=O)C1. The molecule has 6 nitrogen and oxygen atoms in total. The lowest BCUT2D eigenvalue weighted by atomic mass is 10.1. The molecule has 0 unspecified atom stereocenters. The van der Waals surface area contributed by atoms with Gasteiger partial charge in [0, 0.05) is 44.0 Å². The van der Waals surface area contributed by atoms with Gasteiger partial charge in [-0.2, -0.15) is 0 Å². The van der Waals surface area contributed by atoms with Gasteiger partial charge in [-0.25, -0.2) is 8.42 Å². The molecule has 2 atom stereocenters. The van der Waals surface area contributed by atoms with Gasteiger partial charge >= 0.3 is 0 Å². The van der Waals surface area contributed by atoms with Gasteiger partial charge in [0.25, 0.3) is 0 Å². The molecule has 2 aliphatic rings. The van der Waals surface area contributed by atoms with Gasteiger partial charge in [0.05, 0.1) is 18.1 Å². The largest absolute Gasteiger partial charge is 0.369 e. The Labute approximate surface area is 175 Å². The summed E-state index contributed by atoms with van der Waals surface area (Å²) in [6.45, 7) is 12.3. The second-order valence-electron chi connectivity index (χ2n) is 8.60. The predicted octanol–water partition coefficient (Wildman–Crippen LogP) is 2.24. The Kier molecular flexibility index (Phi) is 6.89. The molecule has 162 valence electrons. The van der Waals surface area contributed by atoms with E-state index < -0.39 is 9.84 Å². The van der Waals surface area contributed by atoms with Crippen LogP contribution in [0, 0.1) is 13.8 Å². The monoisotopic (exact) mass is 421 g/mol. The van der Waals surface area contributed by atoms with E-state index in [1.54, 1.807) is 0 Å². The summed E-state index contributed by atoms with van der Waals surface area (Å²) in [7, 11) is -3.01. The average molecular weight is 422 g/mol. The number of hydrogen-bond acceptors (Lipinski definition) is 5. The number of aryl methyl sites for hydroxylation is 1. The fourth-order valence-electron chi connectivity index (χ4n) is 4.50. The number of rotatable bonds is 6. The van der Waals surface area contributed by atoms with Crippen molar-refractivity contribution in [2.75, 3.05) is 49.1 Å². The van der Waals surface area contributed by atoms with E-state index in [-0.39, 0.29) is 29.5 Å². The molecular formula is C22H35N3O3S. The van der Waals surface area contributed by atoms with E-state index in [0.717, 1.165) is 32.6 Å². The van der Waals surface area contributed by atoms with Gasteiger partial charge in [-0.05, 0) is 50.8 Å². The highest BCUT2D eigenvalue weighted by molar-refractivity contribution is 7.91. The van der Waals surface area contributed by atoms with Crippen molar-refractivity contribution < 1.29 is 13.2 Å². The summed E-state index contributed by atoms with van der Waals surface area (Å²) in [6.07, 6.45) is 1.40. The highest BCUT2D eigenvalue weighted by atomic mass is 32.2. The molecule has 2 fully saturated rings. The number of carbonyl (C=O) groups is 1. The summed E-state index contributed by atoms with van der Waals surface area (Å²) in [4.78, 5) is 19.6. The maximum absolute atomic E-state index is 13.1. The van der Waals surface area contributed by atoms with Crippen LogP contribution >= 0.6 is 0 Å². The Morgan fingerprint density at radius 3 is 2.48 bits per heavy atom. The molecular weight excluding hydrogens is 386 g/mol. The maximum Gasteiger partial charge on any atom is 0.237 e. The molecule has 0 aliphatic carbocycles. The third-order valence-corrected chi connectivity index (χ3v) is 8.35. The smallest absolute Gasteiger partial charge is 0.237 e. The van der Waals surface area contributed by atoms with Gasteiger partial charge in [0.2, 0.25) is 5.91 Å². The molecule has 3 rings (SSSR count). The van der Waals surface area contributed by atoms with Crippen molar-refractivity contribution in [3.05, 3.63) is 29.3 Å². The number of hydrogen-bond donors (Lipinski definition) is 0. The standard InChI is InChI=1S/C22H35N3O3S/c1-5-18(3)25(20-9-14-29(27,28)16-20)22(26)15-23-10-12-24(13-11-23)21-8-6-7-17(2)19(21)4/h6-8,18,20H,5,9-16H2,1-4H3/t18-,20-/m1/s1. The van der Waals surface area contributed by atoms with E-state index in [0.29, 0.717) is 13.0 Å². The zero-order chi connectivity index (χ0) is 21.2. The van der Waals surface area contributed by atoms with Crippen molar-refractivity contribution in [3.8, 4) is 0 Å². The van der Waals surface area contributed by atoms with Crippen molar-refractivity contribution in [3.63, 3.8) is 0 Å². The number of sulfone groups is 1. The summed E-state index contributed by atoms with van der Waals surface area (Å²) >= 11 is 0. The molecule has 7 heteroatoms. The number of carbonyl (C=O) groups excluding carboxylic acids is 1. The second kappa shape index (κ2) is 9.04. The topological polar surface area (TPSA) is 60.9 Å². The van der Waals surface area contributed by atoms with Crippen LogP contribution in [-0.4, -0.2) is 80.4 Å². The first kappa shape index (κ1) is 22.1. The van der Waals surface area contributed by atoms with Gasteiger partial charge in [0.15, 0.2) is 9.84 Å². The number of nitrogens with zero attached hydrogens (tertiary/aromatic N) is 3. The first-order valence-electron chi connectivity index (χ1n) is 10.8. The summed E-state index contributed by atoms with van der Waals surface area (Å²) in [5.41, 5.74) is 3.91. The van der Waals surface area contributed by atoms with Crippen LogP contribution in [0.2, 0.25) is 0 Å². The fraction of sp³-hybridized carbons (Fsp3) is 0.682. The van der Waals surface area contributed by atoms with Crippen molar-refractivity contribution in [2.24, 2.45) is 0 Å². The lowest BCUT2D eigenvalue weighted by Crippen LogP contribution is -2.54. The molecule has 0 spiro atoms. The molecule has 1 aromatic carbocycles. The molecule has 0 bridgehead atoms. The maximum atomic E-state index is 13.1. The van der Waals surface area contributed by atoms with Gasteiger partial charge < -0.3 is 9.80 Å². The zero-order valence-electron chi connectivity index (χ0n) is 18.2. The van der Waals surface area contributed by atoms with Gasteiger partial charge in [-0.1, -0.05) is 19.1 Å². The highest BCUT2D eigenvalue weighted by Crippen LogP contribution is 2.25. The Morgan fingerprint density at radius 2 is 1.90 bits per heavy atom. The molecule has 2 saturated heterocycles. The minimum absolute atomic E-state index is 0.0667. The minimum atomic E-state index is -3.01. The molecule has 0 radical (unpaired) electrons. The summed E-state index contributed by atoms with van der Waals surface area (Å²) in [5.74, 6) is 0.386. The van der Waals surface area contributed by atoms with E-state index in [4.69, 9.17) is 0 Å². The second-order valence-corrected chi connectivity index (χ2v) is 10.8. The molecule has 0 N–H and O–H groups in total. The molecule has 1 amide bonds. The number of amides is 1. The normalized spacial score (nSPS) is 23.2. The van der Waals surface area contributed by atoms with E-state index in [1.807, 2.05) is 11.8 Å². The van der Waals surface area contributed by atoms with Crippen LogP contribution in [0.15, 0.2) is 18.2 Å². The highest BCUT2D eigenvalue weighted by Gasteiger charge is 2.37. The molecule has 2 aliphatic heterocycles. The van der Waals surface area contributed by atoms with Crippen LogP contribution in [0.3, 0.4) is 0 Å². The van der Waals surface area contributed by atoms with E-state index in [1.165, 1.54) is 16.8 Å². The van der Waals surface area contributed by atoms with Crippen molar-refractivity contribution >= 4 is 21.4 Å². The van der Waals surface area contributed by atoms with Crippen LogP contribution in [0.5, 0.6) is 0 Å². The van der Waals surface area contributed by atoms with Gasteiger partial charge in [-0.3, -0.25) is 9.69 Å². The Hall–Kier alpha value is -1.60.